The summed E-state index contributed by atoms with van der Waals surface area (Å²) in [6.07, 6.45) is 0.667. The molecule has 1 aliphatic heterocycles. The Morgan fingerprint density at radius 2 is 2.30 bits per heavy atom. The summed E-state index contributed by atoms with van der Waals surface area (Å²) < 4.78 is 10.8. The van der Waals surface area contributed by atoms with Gasteiger partial charge in [-0.25, -0.2) is 4.98 Å². The summed E-state index contributed by atoms with van der Waals surface area (Å²) in [6.45, 7) is 4.27. The van der Waals surface area contributed by atoms with Crippen molar-refractivity contribution in [2.45, 2.75) is 39.0 Å². The van der Waals surface area contributed by atoms with E-state index in [4.69, 9.17) is 9.47 Å². The molecular formula is C16H20N4O3. The number of hydrogen-bond acceptors (Lipinski definition) is 5. The van der Waals surface area contributed by atoms with Crippen molar-refractivity contribution < 1.29 is 14.3 Å². The van der Waals surface area contributed by atoms with E-state index in [2.05, 4.69) is 20.5 Å². The molecular weight excluding hydrogens is 296 g/mol. The van der Waals surface area contributed by atoms with Crippen LogP contribution in [0.4, 0.5) is 0 Å². The lowest BCUT2D eigenvalue weighted by atomic mass is 9.99. The molecule has 0 radical (unpaired) electrons. The number of fused-ring (bicyclic) bond motifs is 1. The van der Waals surface area contributed by atoms with E-state index in [1.54, 1.807) is 13.2 Å². The summed E-state index contributed by atoms with van der Waals surface area (Å²) in [6, 6.07) is 5.43. The van der Waals surface area contributed by atoms with Crippen molar-refractivity contribution in [2.24, 2.45) is 0 Å². The molecule has 0 saturated carbocycles. The Morgan fingerprint density at radius 3 is 3.09 bits per heavy atom. The van der Waals surface area contributed by atoms with Crippen LogP contribution in [0.2, 0.25) is 0 Å². The largest absolute Gasteiger partial charge is 0.481 e. The predicted octanol–water partition coefficient (Wildman–Crippen LogP) is 1.77. The smallest absolute Gasteiger partial charge is 0.272 e. The van der Waals surface area contributed by atoms with Crippen LogP contribution >= 0.6 is 0 Å². The standard InChI is InChI=1S/C16H20N4O3/c1-9-7-12-14(10(2)23-9)19-20-15(12)16(21)17-8-11-5-4-6-13(18-11)22-3/h4-6,9-10H,7-8H2,1-3H3,(H,17,21)(H,19,20)/t9-,10+/m0/s1. The molecule has 0 spiro atoms. The minimum atomic E-state index is -0.214. The zero-order valence-electron chi connectivity index (χ0n) is 13.4. The van der Waals surface area contributed by atoms with Crippen LogP contribution in [0.25, 0.3) is 0 Å². The van der Waals surface area contributed by atoms with Gasteiger partial charge >= 0.3 is 0 Å². The van der Waals surface area contributed by atoms with Gasteiger partial charge in [-0.2, -0.15) is 5.10 Å². The summed E-state index contributed by atoms with van der Waals surface area (Å²) in [4.78, 5) is 16.7. The highest BCUT2D eigenvalue weighted by Gasteiger charge is 2.29. The first-order chi connectivity index (χ1) is 11.1. The molecule has 7 heteroatoms. The number of aromatic nitrogens is 3. The van der Waals surface area contributed by atoms with Crippen LogP contribution in [-0.4, -0.2) is 34.3 Å². The monoisotopic (exact) mass is 316 g/mol. The molecule has 23 heavy (non-hydrogen) atoms. The molecule has 2 aromatic rings. The van der Waals surface area contributed by atoms with Crippen LogP contribution in [0.15, 0.2) is 18.2 Å². The zero-order chi connectivity index (χ0) is 16.4. The second-order valence-corrected chi connectivity index (χ2v) is 5.61. The third kappa shape index (κ3) is 3.19. The van der Waals surface area contributed by atoms with Crippen LogP contribution in [-0.2, 0) is 17.7 Å². The quantitative estimate of drug-likeness (QED) is 0.897. The SMILES string of the molecule is COc1cccc(CNC(=O)c2n[nH]c3c2C[C@H](C)O[C@@H]3C)n1. The molecule has 0 bridgehead atoms. The Kier molecular flexibility index (Phi) is 4.29. The number of aromatic amines is 1. The third-order valence-corrected chi connectivity index (χ3v) is 3.87. The average Bonchev–Trinajstić information content (AvgIpc) is 2.97. The van der Waals surface area contributed by atoms with Crippen molar-refractivity contribution in [1.82, 2.24) is 20.5 Å². The molecule has 0 saturated heterocycles. The number of nitrogens with zero attached hydrogens (tertiary/aromatic N) is 2. The molecule has 0 unspecified atom stereocenters. The first kappa shape index (κ1) is 15.5. The van der Waals surface area contributed by atoms with Crippen LogP contribution in [0.1, 0.15) is 47.4 Å². The highest BCUT2D eigenvalue weighted by molar-refractivity contribution is 5.94. The summed E-state index contributed by atoms with van der Waals surface area (Å²) >= 11 is 0. The predicted molar refractivity (Wildman–Crippen MR) is 83.2 cm³/mol. The topological polar surface area (TPSA) is 89.1 Å². The summed E-state index contributed by atoms with van der Waals surface area (Å²) in [5.74, 6) is 0.308. The van der Waals surface area contributed by atoms with E-state index in [9.17, 15) is 4.79 Å². The van der Waals surface area contributed by atoms with Crippen molar-refractivity contribution >= 4 is 5.91 Å². The summed E-state index contributed by atoms with van der Waals surface area (Å²) in [5, 5.41) is 9.94. The number of H-pyrrole nitrogens is 1. The van der Waals surface area contributed by atoms with Crippen LogP contribution < -0.4 is 10.1 Å². The van der Waals surface area contributed by atoms with Gasteiger partial charge in [0.1, 0.15) is 0 Å². The van der Waals surface area contributed by atoms with Crippen LogP contribution in [0, 0.1) is 0 Å². The van der Waals surface area contributed by atoms with E-state index in [0.717, 1.165) is 17.0 Å². The zero-order valence-corrected chi connectivity index (χ0v) is 13.4. The molecule has 1 amide bonds. The van der Waals surface area contributed by atoms with E-state index in [1.165, 1.54) is 0 Å². The van der Waals surface area contributed by atoms with Gasteiger partial charge in [0.05, 0.1) is 37.3 Å². The van der Waals surface area contributed by atoms with Crippen molar-refractivity contribution in [3.63, 3.8) is 0 Å². The second kappa shape index (κ2) is 6.37. The molecule has 0 fully saturated rings. The molecule has 122 valence electrons. The first-order valence-corrected chi connectivity index (χ1v) is 7.59. The lowest BCUT2D eigenvalue weighted by Gasteiger charge is -2.25. The lowest BCUT2D eigenvalue weighted by Crippen LogP contribution is -2.27. The minimum absolute atomic E-state index is 0.0710. The molecule has 1 aliphatic rings. The Labute approximate surface area is 134 Å². The van der Waals surface area contributed by atoms with Gasteiger partial charge in [-0.1, -0.05) is 6.07 Å². The average molecular weight is 316 g/mol. The number of nitrogens with one attached hydrogen (secondary N) is 2. The number of carbonyl (C=O) groups excluding carboxylic acids is 1. The molecule has 2 atom stereocenters. The Morgan fingerprint density at radius 1 is 1.48 bits per heavy atom. The van der Waals surface area contributed by atoms with Gasteiger partial charge in [0.15, 0.2) is 5.69 Å². The maximum absolute atomic E-state index is 12.4. The maximum atomic E-state index is 12.4. The first-order valence-electron chi connectivity index (χ1n) is 7.59. The maximum Gasteiger partial charge on any atom is 0.272 e. The van der Waals surface area contributed by atoms with E-state index >= 15 is 0 Å². The van der Waals surface area contributed by atoms with Gasteiger partial charge in [-0.05, 0) is 19.9 Å². The van der Waals surface area contributed by atoms with E-state index in [1.807, 2.05) is 26.0 Å². The van der Waals surface area contributed by atoms with E-state index < -0.39 is 0 Å². The fourth-order valence-electron chi connectivity index (χ4n) is 2.79. The molecule has 0 aliphatic carbocycles. The summed E-state index contributed by atoms with van der Waals surface area (Å²) in [5.41, 5.74) is 2.98. The number of amides is 1. The van der Waals surface area contributed by atoms with Crippen molar-refractivity contribution in [2.75, 3.05) is 7.11 Å². The van der Waals surface area contributed by atoms with Gasteiger partial charge in [-0.15, -0.1) is 0 Å². The van der Waals surface area contributed by atoms with Gasteiger partial charge in [0.25, 0.3) is 5.91 Å². The van der Waals surface area contributed by atoms with Crippen LogP contribution in [0.5, 0.6) is 5.88 Å². The summed E-state index contributed by atoms with van der Waals surface area (Å²) in [7, 11) is 1.56. The molecule has 2 aromatic heterocycles. The number of pyridine rings is 1. The normalized spacial score (nSPS) is 20.0. The van der Waals surface area contributed by atoms with Gasteiger partial charge < -0.3 is 14.8 Å². The van der Waals surface area contributed by atoms with Crippen molar-refractivity contribution in [3.8, 4) is 5.88 Å². The van der Waals surface area contributed by atoms with Crippen molar-refractivity contribution in [1.29, 1.82) is 0 Å². The van der Waals surface area contributed by atoms with Crippen molar-refractivity contribution in [3.05, 3.63) is 40.8 Å². The number of rotatable bonds is 4. The van der Waals surface area contributed by atoms with E-state index in [0.29, 0.717) is 24.5 Å². The Bertz CT molecular complexity index is 713. The van der Waals surface area contributed by atoms with Crippen LogP contribution in [0.3, 0.4) is 0 Å². The third-order valence-electron chi connectivity index (χ3n) is 3.87. The number of methoxy groups -OCH3 is 1. The highest BCUT2D eigenvalue weighted by atomic mass is 16.5. The van der Waals surface area contributed by atoms with Gasteiger partial charge in [0.2, 0.25) is 5.88 Å². The van der Waals surface area contributed by atoms with Gasteiger partial charge in [0, 0.05) is 18.1 Å². The molecule has 3 heterocycles. The molecule has 0 aromatic carbocycles. The van der Waals surface area contributed by atoms with Gasteiger partial charge in [-0.3, -0.25) is 9.89 Å². The lowest BCUT2D eigenvalue weighted by molar-refractivity contribution is -0.00697. The highest BCUT2D eigenvalue weighted by Crippen LogP contribution is 2.30. The molecule has 3 rings (SSSR count). The Hall–Kier alpha value is -2.41. The second-order valence-electron chi connectivity index (χ2n) is 5.61. The number of hydrogen-bond donors (Lipinski definition) is 2. The molecule has 7 nitrogen and oxygen atoms in total. The Balaban J connectivity index is 1.72. The fraction of sp³-hybridized carbons (Fsp3) is 0.438. The molecule has 2 N–H and O–H groups in total. The minimum Gasteiger partial charge on any atom is -0.481 e. The number of carbonyl (C=O) groups is 1. The fourth-order valence-corrected chi connectivity index (χ4v) is 2.79. The van der Waals surface area contributed by atoms with E-state index in [-0.39, 0.29) is 18.1 Å². The number of ether oxygens (including phenoxy) is 2.